The van der Waals surface area contributed by atoms with Crippen molar-refractivity contribution >= 4 is 5.91 Å². The highest BCUT2D eigenvalue weighted by Crippen LogP contribution is 2.17. The van der Waals surface area contributed by atoms with Gasteiger partial charge in [-0.2, -0.15) is 5.10 Å². The lowest BCUT2D eigenvalue weighted by atomic mass is 10.0. The van der Waals surface area contributed by atoms with Crippen LogP contribution in [-0.2, 0) is 11.3 Å². The van der Waals surface area contributed by atoms with Crippen molar-refractivity contribution in [3.63, 3.8) is 0 Å². The molecule has 0 radical (unpaired) electrons. The van der Waals surface area contributed by atoms with Gasteiger partial charge in [-0.25, -0.2) is 0 Å². The van der Waals surface area contributed by atoms with Gasteiger partial charge in [0, 0.05) is 26.3 Å². The van der Waals surface area contributed by atoms with Crippen LogP contribution in [0.25, 0.3) is 0 Å². The highest BCUT2D eigenvalue weighted by atomic mass is 16.5. The smallest absolute Gasteiger partial charge is 0.269 e. The Kier molecular flexibility index (Phi) is 4.96. The summed E-state index contributed by atoms with van der Waals surface area (Å²) in [6, 6.07) is 1.84. The van der Waals surface area contributed by atoms with E-state index in [2.05, 4.69) is 10.4 Å². The molecule has 106 valence electrons. The van der Waals surface area contributed by atoms with Crippen LogP contribution in [0.5, 0.6) is 0 Å². The van der Waals surface area contributed by atoms with E-state index >= 15 is 0 Å². The van der Waals surface area contributed by atoms with Crippen molar-refractivity contribution in [1.29, 1.82) is 0 Å². The zero-order chi connectivity index (χ0) is 13.7. The Morgan fingerprint density at radius 3 is 3.16 bits per heavy atom. The molecule has 1 amide bonds. The van der Waals surface area contributed by atoms with Crippen molar-refractivity contribution in [2.24, 2.45) is 5.92 Å². The van der Waals surface area contributed by atoms with E-state index in [1.165, 1.54) is 0 Å². The zero-order valence-corrected chi connectivity index (χ0v) is 11.8. The molecule has 1 aliphatic heterocycles. The van der Waals surface area contributed by atoms with Crippen molar-refractivity contribution in [2.75, 3.05) is 19.8 Å². The summed E-state index contributed by atoms with van der Waals surface area (Å²) in [6.45, 7) is 7.12. The van der Waals surface area contributed by atoms with Gasteiger partial charge in [-0.1, -0.05) is 0 Å². The van der Waals surface area contributed by atoms with E-state index in [1.54, 1.807) is 4.68 Å². The number of ether oxygens (including phenoxy) is 1. The van der Waals surface area contributed by atoms with Crippen LogP contribution in [0.15, 0.2) is 6.07 Å². The SMILES string of the molecule is CCn1nc(C)cc1C(=O)NCCC[C@@H]1CCOC1. The Hall–Kier alpha value is -1.36. The number of amides is 1. The highest BCUT2D eigenvalue weighted by Gasteiger charge is 2.16. The number of nitrogens with zero attached hydrogens (tertiary/aromatic N) is 2. The lowest BCUT2D eigenvalue weighted by molar-refractivity contribution is 0.0941. The van der Waals surface area contributed by atoms with Crippen molar-refractivity contribution in [3.05, 3.63) is 17.5 Å². The molecule has 1 saturated heterocycles. The molecule has 1 aliphatic rings. The Balaban J connectivity index is 1.74. The quantitative estimate of drug-likeness (QED) is 0.797. The minimum absolute atomic E-state index is 0.0230. The van der Waals surface area contributed by atoms with E-state index < -0.39 is 0 Å². The van der Waals surface area contributed by atoms with Crippen LogP contribution in [0.2, 0.25) is 0 Å². The number of hydrogen-bond acceptors (Lipinski definition) is 3. The second-order valence-corrected chi connectivity index (χ2v) is 5.11. The Labute approximate surface area is 114 Å². The number of carbonyl (C=O) groups excluding carboxylic acids is 1. The maximum atomic E-state index is 12.0. The normalized spacial score (nSPS) is 18.7. The molecule has 19 heavy (non-hydrogen) atoms. The van der Waals surface area contributed by atoms with E-state index in [4.69, 9.17) is 4.74 Å². The summed E-state index contributed by atoms with van der Waals surface area (Å²) in [6.07, 6.45) is 3.31. The van der Waals surface area contributed by atoms with Gasteiger partial charge in [-0.15, -0.1) is 0 Å². The van der Waals surface area contributed by atoms with Crippen LogP contribution < -0.4 is 5.32 Å². The lowest BCUT2D eigenvalue weighted by Crippen LogP contribution is -2.27. The van der Waals surface area contributed by atoms with Crippen LogP contribution in [-0.4, -0.2) is 35.4 Å². The van der Waals surface area contributed by atoms with Gasteiger partial charge >= 0.3 is 0 Å². The van der Waals surface area contributed by atoms with Gasteiger partial charge in [0.2, 0.25) is 0 Å². The molecule has 5 nitrogen and oxygen atoms in total. The van der Waals surface area contributed by atoms with Crippen LogP contribution in [0.4, 0.5) is 0 Å². The minimum Gasteiger partial charge on any atom is -0.381 e. The van der Waals surface area contributed by atoms with Crippen molar-refractivity contribution in [2.45, 2.75) is 39.7 Å². The predicted octanol–water partition coefficient (Wildman–Crippen LogP) is 1.76. The molecule has 0 aliphatic carbocycles. The fourth-order valence-electron chi connectivity index (χ4n) is 2.46. The summed E-state index contributed by atoms with van der Waals surface area (Å²) in [5, 5.41) is 7.25. The fraction of sp³-hybridized carbons (Fsp3) is 0.714. The van der Waals surface area contributed by atoms with Gasteiger partial charge in [-0.05, 0) is 45.1 Å². The van der Waals surface area contributed by atoms with Crippen molar-refractivity contribution < 1.29 is 9.53 Å². The molecule has 1 atom stereocenters. The summed E-state index contributed by atoms with van der Waals surface area (Å²) in [4.78, 5) is 12.0. The van der Waals surface area contributed by atoms with E-state index in [1.807, 2.05) is 19.9 Å². The summed E-state index contributed by atoms with van der Waals surface area (Å²) in [5.74, 6) is 0.658. The molecule has 1 aromatic rings. The molecule has 1 fully saturated rings. The average molecular weight is 265 g/mol. The van der Waals surface area contributed by atoms with Gasteiger partial charge < -0.3 is 10.1 Å². The standard InChI is InChI=1S/C14H23N3O2/c1-3-17-13(9-11(2)16-17)14(18)15-7-4-5-12-6-8-19-10-12/h9,12H,3-8,10H2,1-2H3,(H,15,18)/t12-/m1/s1. The third-order valence-corrected chi connectivity index (χ3v) is 3.53. The second-order valence-electron chi connectivity index (χ2n) is 5.11. The zero-order valence-electron chi connectivity index (χ0n) is 11.8. The number of carbonyl (C=O) groups is 1. The Morgan fingerprint density at radius 2 is 2.47 bits per heavy atom. The number of aryl methyl sites for hydroxylation is 2. The molecule has 1 N–H and O–H groups in total. The molecule has 5 heteroatoms. The first-order chi connectivity index (χ1) is 9.20. The highest BCUT2D eigenvalue weighted by molar-refractivity contribution is 5.92. The van der Waals surface area contributed by atoms with E-state index in [9.17, 15) is 4.79 Å². The molecule has 2 rings (SSSR count). The number of nitrogens with one attached hydrogen (secondary N) is 1. The van der Waals surface area contributed by atoms with Gasteiger partial charge in [-0.3, -0.25) is 9.48 Å². The van der Waals surface area contributed by atoms with Crippen LogP contribution in [0.1, 0.15) is 42.4 Å². The maximum absolute atomic E-state index is 12.0. The van der Waals surface area contributed by atoms with Crippen LogP contribution >= 0.6 is 0 Å². The molecule has 0 aromatic carbocycles. The van der Waals surface area contributed by atoms with E-state index in [0.29, 0.717) is 11.6 Å². The third kappa shape index (κ3) is 3.80. The van der Waals surface area contributed by atoms with E-state index in [-0.39, 0.29) is 5.91 Å². The van der Waals surface area contributed by atoms with Crippen LogP contribution in [0, 0.1) is 12.8 Å². The lowest BCUT2D eigenvalue weighted by Gasteiger charge is -2.09. The van der Waals surface area contributed by atoms with Crippen LogP contribution in [0.3, 0.4) is 0 Å². The monoisotopic (exact) mass is 265 g/mol. The first-order valence-electron chi connectivity index (χ1n) is 7.11. The molecular weight excluding hydrogens is 242 g/mol. The minimum atomic E-state index is -0.0230. The van der Waals surface area contributed by atoms with Gasteiger partial charge in [0.15, 0.2) is 0 Å². The van der Waals surface area contributed by atoms with Crippen molar-refractivity contribution in [3.8, 4) is 0 Å². The molecule has 0 saturated carbocycles. The number of hydrogen-bond donors (Lipinski definition) is 1. The molecule has 0 spiro atoms. The summed E-state index contributed by atoms with van der Waals surface area (Å²) < 4.78 is 7.08. The van der Waals surface area contributed by atoms with Crippen molar-refractivity contribution in [1.82, 2.24) is 15.1 Å². The molecule has 1 aromatic heterocycles. The molecule has 0 unspecified atom stereocenters. The maximum Gasteiger partial charge on any atom is 0.269 e. The predicted molar refractivity (Wildman–Crippen MR) is 73.1 cm³/mol. The third-order valence-electron chi connectivity index (χ3n) is 3.53. The first-order valence-corrected chi connectivity index (χ1v) is 7.11. The Bertz CT molecular complexity index is 422. The topological polar surface area (TPSA) is 56.2 Å². The van der Waals surface area contributed by atoms with Gasteiger partial charge in [0.1, 0.15) is 5.69 Å². The average Bonchev–Trinajstić information content (AvgIpc) is 3.03. The Morgan fingerprint density at radius 1 is 1.63 bits per heavy atom. The molecule has 2 heterocycles. The fourth-order valence-corrected chi connectivity index (χ4v) is 2.46. The molecule has 0 bridgehead atoms. The number of aromatic nitrogens is 2. The van der Waals surface area contributed by atoms with Gasteiger partial charge in [0.05, 0.1) is 5.69 Å². The van der Waals surface area contributed by atoms with Gasteiger partial charge in [0.25, 0.3) is 5.91 Å². The summed E-state index contributed by atoms with van der Waals surface area (Å²) >= 11 is 0. The second kappa shape index (κ2) is 6.70. The van der Waals surface area contributed by atoms with E-state index in [0.717, 1.165) is 51.3 Å². The molecular formula is C14H23N3O2. The number of rotatable bonds is 6. The summed E-state index contributed by atoms with van der Waals surface area (Å²) in [7, 11) is 0. The summed E-state index contributed by atoms with van der Waals surface area (Å²) in [5.41, 5.74) is 1.54. The largest absolute Gasteiger partial charge is 0.381 e. The first kappa shape index (κ1) is 14.1.